The first-order valence-electron chi connectivity index (χ1n) is 11.1. The number of nitrogens with zero attached hydrogens (tertiary/aromatic N) is 3. The molecule has 1 aliphatic rings. The zero-order valence-corrected chi connectivity index (χ0v) is 18.8. The van der Waals surface area contributed by atoms with Gasteiger partial charge in [-0.2, -0.15) is 5.10 Å². The van der Waals surface area contributed by atoms with Crippen molar-refractivity contribution in [3.8, 4) is 17.2 Å². The topological polar surface area (TPSA) is 69.0 Å². The van der Waals surface area contributed by atoms with E-state index < -0.39 is 5.60 Å². The highest BCUT2D eigenvalue weighted by atomic mass is 19.1. The van der Waals surface area contributed by atoms with E-state index in [1.807, 2.05) is 35.1 Å². The summed E-state index contributed by atoms with van der Waals surface area (Å²) in [6, 6.07) is 13.7. The second kappa shape index (κ2) is 10.7. The molecule has 0 bridgehead atoms. The summed E-state index contributed by atoms with van der Waals surface area (Å²) in [6.45, 7) is 3.65. The highest BCUT2D eigenvalue weighted by molar-refractivity contribution is 5.43. The van der Waals surface area contributed by atoms with Gasteiger partial charge in [-0.25, -0.2) is 4.39 Å². The van der Waals surface area contributed by atoms with Crippen LogP contribution in [0, 0.1) is 5.82 Å². The van der Waals surface area contributed by atoms with Crippen LogP contribution >= 0.6 is 0 Å². The normalized spacial score (nSPS) is 15.8. The first kappa shape index (κ1) is 23.1. The molecule has 0 amide bonds. The Morgan fingerprint density at radius 3 is 2.55 bits per heavy atom. The molecule has 4 rings (SSSR count). The molecular weight excluding hydrogens is 425 g/mol. The molecule has 1 aliphatic heterocycles. The SMILES string of the molecule is COc1cc(CN2CCC(O)(COc3ccc(F)cc3)CC2)ccc1OCCn1cccn1. The number of halogens is 1. The molecule has 1 N–H and O–H groups in total. The predicted molar refractivity (Wildman–Crippen MR) is 122 cm³/mol. The third kappa shape index (κ3) is 6.46. The lowest BCUT2D eigenvalue weighted by Crippen LogP contribution is -2.47. The monoisotopic (exact) mass is 455 g/mol. The fourth-order valence-electron chi connectivity index (χ4n) is 3.89. The van der Waals surface area contributed by atoms with Crippen molar-refractivity contribution >= 4 is 0 Å². The molecule has 0 radical (unpaired) electrons. The minimum atomic E-state index is -0.880. The van der Waals surface area contributed by atoms with Crippen LogP contribution in [0.15, 0.2) is 60.9 Å². The van der Waals surface area contributed by atoms with Crippen molar-refractivity contribution in [1.29, 1.82) is 0 Å². The summed E-state index contributed by atoms with van der Waals surface area (Å²) in [5, 5.41) is 15.0. The van der Waals surface area contributed by atoms with Gasteiger partial charge in [-0.3, -0.25) is 9.58 Å². The lowest BCUT2D eigenvalue weighted by Gasteiger charge is -2.38. The number of benzene rings is 2. The highest BCUT2D eigenvalue weighted by Crippen LogP contribution is 2.30. The van der Waals surface area contributed by atoms with Gasteiger partial charge in [0.25, 0.3) is 0 Å². The minimum Gasteiger partial charge on any atom is -0.493 e. The number of methoxy groups -OCH3 is 1. The van der Waals surface area contributed by atoms with Gasteiger partial charge in [-0.1, -0.05) is 6.07 Å². The Morgan fingerprint density at radius 1 is 1.06 bits per heavy atom. The molecule has 0 atom stereocenters. The molecule has 0 unspecified atom stereocenters. The number of hydrogen-bond donors (Lipinski definition) is 1. The Balaban J connectivity index is 1.25. The molecule has 33 heavy (non-hydrogen) atoms. The molecule has 0 aliphatic carbocycles. The second-order valence-electron chi connectivity index (χ2n) is 8.35. The lowest BCUT2D eigenvalue weighted by molar-refractivity contribution is -0.0537. The van der Waals surface area contributed by atoms with Crippen LogP contribution in [-0.2, 0) is 13.1 Å². The fraction of sp³-hybridized carbons (Fsp3) is 0.400. The van der Waals surface area contributed by atoms with Gasteiger partial charge >= 0.3 is 0 Å². The van der Waals surface area contributed by atoms with Crippen molar-refractivity contribution in [2.24, 2.45) is 0 Å². The van der Waals surface area contributed by atoms with Crippen molar-refractivity contribution in [2.75, 3.05) is 33.4 Å². The Hall–Kier alpha value is -3.10. The summed E-state index contributed by atoms with van der Waals surface area (Å²) in [4.78, 5) is 2.30. The average molecular weight is 456 g/mol. The summed E-state index contributed by atoms with van der Waals surface area (Å²) >= 11 is 0. The number of piperidine rings is 1. The van der Waals surface area contributed by atoms with Crippen molar-refractivity contribution in [1.82, 2.24) is 14.7 Å². The number of rotatable bonds is 10. The fourth-order valence-corrected chi connectivity index (χ4v) is 3.89. The quantitative estimate of drug-likeness (QED) is 0.505. The highest BCUT2D eigenvalue weighted by Gasteiger charge is 2.33. The van der Waals surface area contributed by atoms with E-state index in [9.17, 15) is 9.50 Å². The maximum atomic E-state index is 13.0. The zero-order valence-electron chi connectivity index (χ0n) is 18.8. The molecule has 7 nitrogen and oxygen atoms in total. The third-order valence-electron chi connectivity index (χ3n) is 5.88. The lowest BCUT2D eigenvalue weighted by atomic mass is 9.92. The van der Waals surface area contributed by atoms with Gasteiger partial charge in [0.05, 0.1) is 13.7 Å². The van der Waals surface area contributed by atoms with E-state index in [1.54, 1.807) is 25.4 Å². The molecule has 176 valence electrons. The van der Waals surface area contributed by atoms with E-state index >= 15 is 0 Å². The van der Waals surface area contributed by atoms with Crippen molar-refractivity contribution < 1.29 is 23.7 Å². The number of ether oxygens (including phenoxy) is 3. The Labute approximate surface area is 193 Å². The maximum absolute atomic E-state index is 13.0. The molecule has 2 heterocycles. The summed E-state index contributed by atoms with van der Waals surface area (Å²) in [5.41, 5.74) is 0.244. The molecule has 3 aromatic rings. The first-order valence-corrected chi connectivity index (χ1v) is 11.1. The van der Waals surface area contributed by atoms with Gasteiger partial charge in [-0.05, 0) is 60.9 Å². The van der Waals surface area contributed by atoms with Gasteiger partial charge in [0, 0.05) is 32.0 Å². The molecule has 1 saturated heterocycles. The van der Waals surface area contributed by atoms with Crippen molar-refractivity contribution in [3.63, 3.8) is 0 Å². The summed E-state index contributed by atoms with van der Waals surface area (Å²) < 4.78 is 31.9. The number of hydrogen-bond acceptors (Lipinski definition) is 6. The molecule has 1 aromatic heterocycles. The van der Waals surface area contributed by atoms with E-state index in [0.717, 1.165) is 25.2 Å². The third-order valence-corrected chi connectivity index (χ3v) is 5.88. The maximum Gasteiger partial charge on any atom is 0.161 e. The van der Waals surface area contributed by atoms with Crippen LogP contribution in [0.4, 0.5) is 4.39 Å². The van der Waals surface area contributed by atoms with Crippen molar-refractivity contribution in [2.45, 2.75) is 31.5 Å². The molecule has 0 spiro atoms. The van der Waals surface area contributed by atoms with E-state index in [0.29, 0.717) is 43.2 Å². The number of aromatic nitrogens is 2. The standard InChI is InChI=1S/C25H30FN3O4/c1-31-24-17-20(3-8-23(24)32-16-15-29-12-2-11-27-29)18-28-13-9-25(30,10-14-28)19-33-22-6-4-21(26)5-7-22/h2-8,11-12,17,30H,9-10,13-16,18-19H2,1H3. The van der Waals surface area contributed by atoms with Crippen LogP contribution in [-0.4, -0.2) is 58.8 Å². The van der Waals surface area contributed by atoms with Crippen LogP contribution in [0.2, 0.25) is 0 Å². The van der Waals surface area contributed by atoms with Gasteiger partial charge in [0.1, 0.15) is 30.4 Å². The van der Waals surface area contributed by atoms with Crippen LogP contribution in [0.25, 0.3) is 0 Å². The minimum absolute atomic E-state index is 0.199. The zero-order chi connectivity index (χ0) is 23.1. The van der Waals surface area contributed by atoms with E-state index in [4.69, 9.17) is 14.2 Å². The summed E-state index contributed by atoms with van der Waals surface area (Å²) in [6.07, 6.45) is 4.87. The van der Waals surface area contributed by atoms with Gasteiger partial charge in [0.15, 0.2) is 11.5 Å². The molecule has 2 aromatic carbocycles. The largest absolute Gasteiger partial charge is 0.493 e. The average Bonchev–Trinajstić information content (AvgIpc) is 3.35. The van der Waals surface area contributed by atoms with Crippen LogP contribution in [0.5, 0.6) is 17.2 Å². The Morgan fingerprint density at radius 2 is 1.85 bits per heavy atom. The Kier molecular flexibility index (Phi) is 7.47. The van der Waals surface area contributed by atoms with Gasteiger partial charge in [-0.15, -0.1) is 0 Å². The second-order valence-corrected chi connectivity index (χ2v) is 8.35. The van der Waals surface area contributed by atoms with E-state index in [-0.39, 0.29) is 12.4 Å². The smallest absolute Gasteiger partial charge is 0.161 e. The summed E-state index contributed by atoms with van der Waals surface area (Å²) in [7, 11) is 1.64. The molecule has 1 fully saturated rings. The van der Waals surface area contributed by atoms with E-state index in [1.165, 1.54) is 12.1 Å². The van der Waals surface area contributed by atoms with Crippen molar-refractivity contribution in [3.05, 3.63) is 72.3 Å². The first-order chi connectivity index (χ1) is 16.0. The number of likely N-dealkylation sites (tertiary alicyclic amines) is 1. The van der Waals surface area contributed by atoms with E-state index in [2.05, 4.69) is 10.00 Å². The Bertz CT molecular complexity index is 1000. The van der Waals surface area contributed by atoms with Gasteiger partial charge < -0.3 is 19.3 Å². The van der Waals surface area contributed by atoms with Gasteiger partial charge in [0.2, 0.25) is 0 Å². The molecule has 0 saturated carbocycles. The van der Waals surface area contributed by atoms with Crippen LogP contribution < -0.4 is 14.2 Å². The summed E-state index contributed by atoms with van der Waals surface area (Å²) in [5.74, 6) is 1.67. The molecule has 8 heteroatoms. The van der Waals surface area contributed by atoms with Crippen LogP contribution in [0.1, 0.15) is 18.4 Å². The predicted octanol–water partition coefficient (Wildman–Crippen LogP) is 3.52. The van der Waals surface area contributed by atoms with Crippen LogP contribution in [0.3, 0.4) is 0 Å². The number of aliphatic hydroxyl groups is 1. The molecular formula is C25H30FN3O4.